The van der Waals surface area contributed by atoms with Crippen LogP contribution in [0.2, 0.25) is 0 Å². The van der Waals surface area contributed by atoms with Gasteiger partial charge in [0.15, 0.2) is 5.72 Å². The summed E-state index contributed by atoms with van der Waals surface area (Å²) in [7, 11) is 0. The first-order valence-corrected chi connectivity index (χ1v) is 10.2. The summed E-state index contributed by atoms with van der Waals surface area (Å²) in [5.74, 6) is 1.08. The van der Waals surface area contributed by atoms with Crippen molar-refractivity contribution in [2.24, 2.45) is 11.8 Å². The van der Waals surface area contributed by atoms with E-state index in [0.29, 0.717) is 43.4 Å². The van der Waals surface area contributed by atoms with Crippen molar-refractivity contribution >= 4 is 11.8 Å². The summed E-state index contributed by atoms with van der Waals surface area (Å²) in [5, 5.41) is 0. The Balaban J connectivity index is 1.55. The van der Waals surface area contributed by atoms with Crippen molar-refractivity contribution in [3.63, 3.8) is 0 Å². The zero-order valence-electron chi connectivity index (χ0n) is 16.8. The Labute approximate surface area is 161 Å². The molecular formula is C22H30N2O3. The SMILES string of the molecule is CC(C)Cc1ccc(C(=O)N2CC[C@@]34OC[C@@H](C(C)C)N3C(=O)C[C@@H]24)cc1. The van der Waals surface area contributed by atoms with Crippen molar-refractivity contribution < 1.29 is 14.3 Å². The van der Waals surface area contributed by atoms with E-state index < -0.39 is 5.72 Å². The lowest BCUT2D eigenvalue weighted by Gasteiger charge is -2.34. The first-order valence-electron chi connectivity index (χ1n) is 10.2. The first-order chi connectivity index (χ1) is 12.8. The first kappa shape index (κ1) is 18.5. The monoisotopic (exact) mass is 370 g/mol. The summed E-state index contributed by atoms with van der Waals surface area (Å²) in [4.78, 5) is 29.7. The van der Waals surface area contributed by atoms with E-state index in [4.69, 9.17) is 4.74 Å². The highest BCUT2D eigenvalue weighted by molar-refractivity contribution is 5.96. The minimum Gasteiger partial charge on any atom is -0.351 e. The molecule has 5 heteroatoms. The van der Waals surface area contributed by atoms with E-state index in [-0.39, 0.29) is 23.9 Å². The van der Waals surface area contributed by atoms with E-state index in [1.54, 1.807) is 0 Å². The van der Waals surface area contributed by atoms with Crippen molar-refractivity contribution in [2.75, 3.05) is 13.2 Å². The lowest BCUT2D eigenvalue weighted by molar-refractivity contribution is -0.139. The van der Waals surface area contributed by atoms with Crippen LogP contribution in [0, 0.1) is 11.8 Å². The van der Waals surface area contributed by atoms with Gasteiger partial charge in [-0.1, -0.05) is 39.8 Å². The Morgan fingerprint density at radius 1 is 1.22 bits per heavy atom. The van der Waals surface area contributed by atoms with Crippen LogP contribution in [0.4, 0.5) is 0 Å². The second-order valence-corrected chi connectivity index (χ2v) is 8.99. The number of nitrogens with zero attached hydrogens (tertiary/aromatic N) is 2. The number of ether oxygens (including phenoxy) is 1. The molecule has 3 aliphatic heterocycles. The summed E-state index contributed by atoms with van der Waals surface area (Å²) < 4.78 is 6.22. The zero-order chi connectivity index (χ0) is 19.3. The minimum atomic E-state index is -0.598. The highest BCUT2D eigenvalue weighted by atomic mass is 16.5. The van der Waals surface area contributed by atoms with Gasteiger partial charge < -0.3 is 14.5 Å². The summed E-state index contributed by atoms with van der Waals surface area (Å²) >= 11 is 0. The van der Waals surface area contributed by atoms with Crippen molar-refractivity contribution in [3.8, 4) is 0 Å². The molecule has 0 bridgehead atoms. The lowest BCUT2D eigenvalue weighted by atomic mass is 10.0. The number of carbonyl (C=O) groups excluding carboxylic acids is 2. The van der Waals surface area contributed by atoms with Gasteiger partial charge in [-0.3, -0.25) is 9.59 Å². The maximum absolute atomic E-state index is 13.2. The summed E-state index contributed by atoms with van der Waals surface area (Å²) in [6, 6.07) is 7.89. The maximum atomic E-state index is 13.2. The van der Waals surface area contributed by atoms with Crippen molar-refractivity contribution in [1.29, 1.82) is 0 Å². The van der Waals surface area contributed by atoms with Crippen LogP contribution >= 0.6 is 0 Å². The van der Waals surface area contributed by atoms with Gasteiger partial charge in [-0.25, -0.2) is 0 Å². The molecule has 0 radical (unpaired) electrons. The second-order valence-electron chi connectivity index (χ2n) is 8.99. The Kier molecular flexibility index (Phi) is 4.53. The van der Waals surface area contributed by atoms with E-state index in [1.807, 2.05) is 34.1 Å². The predicted molar refractivity (Wildman–Crippen MR) is 103 cm³/mol. The molecule has 3 fully saturated rings. The van der Waals surface area contributed by atoms with Crippen LogP contribution in [0.3, 0.4) is 0 Å². The number of rotatable bonds is 4. The normalized spacial score (nSPS) is 29.8. The van der Waals surface area contributed by atoms with E-state index >= 15 is 0 Å². The minimum absolute atomic E-state index is 0.0132. The maximum Gasteiger partial charge on any atom is 0.254 e. The fraction of sp³-hybridized carbons (Fsp3) is 0.636. The van der Waals surface area contributed by atoms with Gasteiger partial charge in [0.05, 0.1) is 25.1 Å². The average molecular weight is 370 g/mol. The fourth-order valence-electron chi connectivity index (χ4n) is 5.03. The molecule has 0 aliphatic carbocycles. The van der Waals surface area contributed by atoms with E-state index in [2.05, 4.69) is 27.7 Å². The largest absolute Gasteiger partial charge is 0.351 e. The molecule has 1 aromatic rings. The molecule has 27 heavy (non-hydrogen) atoms. The molecule has 3 atom stereocenters. The molecule has 3 aliphatic rings. The third kappa shape index (κ3) is 2.87. The number of likely N-dealkylation sites (tertiary alicyclic amines) is 1. The predicted octanol–water partition coefficient (Wildman–Crippen LogP) is 3.08. The number of amides is 2. The van der Waals surface area contributed by atoms with Gasteiger partial charge >= 0.3 is 0 Å². The summed E-state index contributed by atoms with van der Waals surface area (Å²) in [6.45, 7) is 9.86. The number of hydrogen-bond acceptors (Lipinski definition) is 3. The molecule has 3 heterocycles. The lowest BCUT2D eigenvalue weighted by Crippen LogP contribution is -2.51. The van der Waals surface area contributed by atoms with Crippen LogP contribution < -0.4 is 0 Å². The number of benzene rings is 1. The van der Waals surface area contributed by atoms with Gasteiger partial charge in [-0.2, -0.15) is 0 Å². The zero-order valence-corrected chi connectivity index (χ0v) is 16.8. The molecule has 1 aromatic carbocycles. The number of hydrogen-bond donors (Lipinski definition) is 0. The van der Waals surface area contributed by atoms with Gasteiger partial charge in [0.25, 0.3) is 5.91 Å². The average Bonchev–Trinajstić information content (AvgIpc) is 3.23. The molecule has 0 unspecified atom stereocenters. The molecule has 0 saturated carbocycles. The standard InChI is InChI=1S/C22H30N2O3/c1-14(2)11-16-5-7-17(8-6-16)21(26)23-10-9-22-19(23)12-20(25)24(22)18(13-27-22)15(3)4/h5-8,14-15,18-19H,9-13H2,1-4H3/t18-,19+,22-/m0/s1. The molecular weight excluding hydrogens is 340 g/mol. The van der Waals surface area contributed by atoms with Crippen LogP contribution in [0.1, 0.15) is 56.5 Å². The fourth-order valence-corrected chi connectivity index (χ4v) is 5.03. The summed E-state index contributed by atoms with van der Waals surface area (Å²) in [5.41, 5.74) is 1.35. The van der Waals surface area contributed by atoms with Gasteiger partial charge in [0.2, 0.25) is 5.91 Å². The van der Waals surface area contributed by atoms with Crippen molar-refractivity contribution in [2.45, 2.75) is 64.8 Å². The molecule has 4 rings (SSSR count). The van der Waals surface area contributed by atoms with Crippen LogP contribution in [0.25, 0.3) is 0 Å². The van der Waals surface area contributed by atoms with E-state index in [0.717, 1.165) is 6.42 Å². The van der Waals surface area contributed by atoms with Crippen molar-refractivity contribution in [1.82, 2.24) is 9.80 Å². The van der Waals surface area contributed by atoms with Crippen LogP contribution in [0.15, 0.2) is 24.3 Å². The van der Waals surface area contributed by atoms with Crippen LogP contribution in [-0.4, -0.2) is 52.6 Å². The quantitative estimate of drug-likeness (QED) is 0.818. The van der Waals surface area contributed by atoms with Gasteiger partial charge in [-0.15, -0.1) is 0 Å². The van der Waals surface area contributed by atoms with Gasteiger partial charge in [-0.05, 0) is 36.0 Å². The van der Waals surface area contributed by atoms with Gasteiger partial charge in [0, 0.05) is 18.5 Å². The Morgan fingerprint density at radius 3 is 2.56 bits per heavy atom. The smallest absolute Gasteiger partial charge is 0.254 e. The highest BCUT2D eigenvalue weighted by Crippen LogP contribution is 2.49. The third-order valence-electron chi connectivity index (χ3n) is 6.36. The number of carbonyl (C=O) groups is 2. The van der Waals surface area contributed by atoms with Crippen molar-refractivity contribution in [3.05, 3.63) is 35.4 Å². The van der Waals surface area contributed by atoms with E-state index in [1.165, 1.54) is 5.56 Å². The Hall–Kier alpha value is -1.88. The molecule has 5 nitrogen and oxygen atoms in total. The Bertz CT molecular complexity index is 742. The molecule has 0 N–H and O–H groups in total. The highest BCUT2D eigenvalue weighted by Gasteiger charge is 2.65. The third-order valence-corrected chi connectivity index (χ3v) is 6.36. The Morgan fingerprint density at radius 2 is 1.93 bits per heavy atom. The second kappa shape index (κ2) is 6.62. The van der Waals surface area contributed by atoms with E-state index in [9.17, 15) is 9.59 Å². The molecule has 0 aromatic heterocycles. The molecule has 2 amide bonds. The van der Waals surface area contributed by atoms with Crippen LogP contribution in [-0.2, 0) is 16.0 Å². The topological polar surface area (TPSA) is 49.9 Å². The molecule has 1 spiro atoms. The van der Waals surface area contributed by atoms with Gasteiger partial charge in [0.1, 0.15) is 0 Å². The van der Waals surface area contributed by atoms with Crippen LogP contribution in [0.5, 0.6) is 0 Å². The summed E-state index contributed by atoms with van der Waals surface area (Å²) in [6.07, 6.45) is 2.10. The molecule has 146 valence electrons. The molecule has 3 saturated heterocycles.